The summed E-state index contributed by atoms with van der Waals surface area (Å²) in [4.78, 5) is 3.05. The molecular formula is C9H9N2O-. The predicted octanol–water partition coefficient (Wildman–Crippen LogP) is 2.10. The van der Waals surface area contributed by atoms with Crippen LogP contribution in [-0.2, 0) is 0 Å². The number of H-pyrrole nitrogens is 1. The Kier molecular flexibility index (Phi) is 1.52. The van der Waals surface area contributed by atoms with E-state index in [9.17, 15) is 5.21 Å². The lowest BCUT2D eigenvalue weighted by Gasteiger charge is -2.24. The van der Waals surface area contributed by atoms with Crippen LogP contribution in [0, 0.1) is 5.21 Å². The van der Waals surface area contributed by atoms with Gasteiger partial charge in [0.2, 0.25) is 0 Å². The molecule has 0 aliphatic rings. The van der Waals surface area contributed by atoms with Gasteiger partial charge in [0.05, 0.1) is 0 Å². The van der Waals surface area contributed by atoms with E-state index in [1.54, 1.807) is 0 Å². The van der Waals surface area contributed by atoms with E-state index in [1.165, 1.54) is 7.05 Å². The molecule has 62 valence electrons. The Labute approximate surface area is 70.2 Å². The maximum Gasteiger partial charge on any atom is 0.0474 e. The third kappa shape index (κ3) is 1.04. The number of hydrogen-bond acceptors (Lipinski definition) is 2. The third-order valence-corrected chi connectivity index (χ3v) is 1.90. The number of fused-ring (bicyclic) bond motifs is 1. The summed E-state index contributed by atoms with van der Waals surface area (Å²) < 4.78 is 0. The number of aromatic nitrogens is 1. The molecule has 2 rings (SSSR count). The molecule has 0 fully saturated rings. The molecule has 0 spiro atoms. The van der Waals surface area contributed by atoms with Gasteiger partial charge in [-0.15, -0.1) is 0 Å². The second-order valence-electron chi connectivity index (χ2n) is 2.75. The maximum atomic E-state index is 10.9. The first-order valence-electron chi connectivity index (χ1n) is 3.75. The van der Waals surface area contributed by atoms with Crippen molar-refractivity contribution < 1.29 is 0 Å². The Morgan fingerprint density at radius 1 is 1.33 bits per heavy atom. The topological polar surface area (TPSA) is 42.1 Å². The van der Waals surface area contributed by atoms with Crippen LogP contribution in [0.5, 0.6) is 0 Å². The van der Waals surface area contributed by atoms with Crippen molar-refractivity contribution >= 4 is 16.6 Å². The fourth-order valence-corrected chi connectivity index (χ4v) is 1.23. The minimum atomic E-state index is 0.671. The standard InChI is InChI=1S/C9H9N2O/c1-11(12)8-3-2-7-4-5-10-9(7)6-8/h2-6,10H,1H3/q-1. The van der Waals surface area contributed by atoms with E-state index in [0.717, 1.165) is 16.0 Å². The molecule has 2 aromatic rings. The molecule has 0 amide bonds. The molecule has 12 heavy (non-hydrogen) atoms. The van der Waals surface area contributed by atoms with Gasteiger partial charge in [0, 0.05) is 17.4 Å². The molecule has 0 saturated carbocycles. The second kappa shape index (κ2) is 2.53. The van der Waals surface area contributed by atoms with E-state index >= 15 is 0 Å². The van der Waals surface area contributed by atoms with Crippen LogP contribution >= 0.6 is 0 Å². The monoisotopic (exact) mass is 161 g/mol. The highest BCUT2D eigenvalue weighted by molar-refractivity contribution is 5.83. The summed E-state index contributed by atoms with van der Waals surface area (Å²) >= 11 is 0. The average Bonchev–Trinajstić information content (AvgIpc) is 2.49. The molecule has 0 atom stereocenters. The smallest absolute Gasteiger partial charge is 0.0474 e. The number of hydrogen-bond donors (Lipinski definition) is 1. The number of hydroxylamine groups is 1. The zero-order valence-corrected chi connectivity index (χ0v) is 6.74. The SMILES string of the molecule is CN([O-])c1ccc2cc[nH]c2c1. The highest BCUT2D eigenvalue weighted by atomic mass is 16.5. The van der Waals surface area contributed by atoms with E-state index in [0.29, 0.717) is 5.69 Å². The fourth-order valence-electron chi connectivity index (χ4n) is 1.23. The van der Waals surface area contributed by atoms with Crippen molar-refractivity contribution in [2.24, 2.45) is 0 Å². The Hall–Kier alpha value is -1.48. The summed E-state index contributed by atoms with van der Waals surface area (Å²) in [5.41, 5.74) is 1.67. The summed E-state index contributed by atoms with van der Waals surface area (Å²) in [6.07, 6.45) is 1.86. The average molecular weight is 161 g/mol. The fraction of sp³-hybridized carbons (Fsp3) is 0.111. The molecule has 3 nitrogen and oxygen atoms in total. The van der Waals surface area contributed by atoms with Crippen LogP contribution in [0.4, 0.5) is 5.69 Å². The zero-order valence-electron chi connectivity index (χ0n) is 6.74. The highest BCUT2D eigenvalue weighted by Crippen LogP contribution is 2.19. The predicted molar refractivity (Wildman–Crippen MR) is 50.1 cm³/mol. The minimum absolute atomic E-state index is 0.671. The molecule has 0 aliphatic carbocycles. The molecule has 0 unspecified atom stereocenters. The van der Waals surface area contributed by atoms with Gasteiger partial charge in [0.1, 0.15) is 0 Å². The lowest BCUT2D eigenvalue weighted by atomic mass is 10.2. The van der Waals surface area contributed by atoms with Crippen molar-refractivity contribution in [3.63, 3.8) is 0 Å². The first-order valence-corrected chi connectivity index (χ1v) is 3.75. The Morgan fingerprint density at radius 2 is 2.17 bits per heavy atom. The molecule has 1 aromatic carbocycles. The zero-order chi connectivity index (χ0) is 8.55. The second-order valence-corrected chi connectivity index (χ2v) is 2.75. The first-order chi connectivity index (χ1) is 5.77. The van der Waals surface area contributed by atoms with Crippen molar-refractivity contribution in [1.29, 1.82) is 0 Å². The lowest BCUT2D eigenvalue weighted by molar-refractivity contribution is 1.22. The minimum Gasteiger partial charge on any atom is -0.758 e. The summed E-state index contributed by atoms with van der Waals surface area (Å²) in [7, 11) is 1.49. The maximum absolute atomic E-state index is 10.9. The summed E-state index contributed by atoms with van der Waals surface area (Å²) in [5.74, 6) is 0. The van der Waals surface area contributed by atoms with Gasteiger partial charge in [-0.05, 0) is 30.6 Å². The number of benzene rings is 1. The van der Waals surface area contributed by atoms with Crippen LogP contribution in [0.25, 0.3) is 10.9 Å². The third-order valence-electron chi connectivity index (χ3n) is 1.90. The normalized spacial score (nSPS) is 10.5. The summed E-state index contributed by atoms with van der Waals surface area (Å²) in [6, 6.07) is 7.55. The van der Waals surface area contributed by atoms with Crippen LogP contribution in [0.1, 0.15) is 0 Å². The van der Waals surface area contributed by atoms with E-state index in [1.807, 2.05) is 30.5 Å². The van der Waals surface area contributed by atoms with Crippen LogP contribution in [0.2, 0.25) is 0 Å². The van der Waals surface area contributed by atoms with Crippen molar-refractivity contribution in [3.05, 3.63) is 35.7 Å². The highest BCUT2D eigenvalue weighted by Gasteiger charge is 1.95. The van der Waals surface area contributed by atoms with Crippen molar-refractivity contribution in [2.75, 3.05) is 12.1 Å². The molecule has 0 radical (unpaired) electrons. The molecule has 1 heterocycles. The molecule has 0 saturated heterocycles. The largest absolute Gasteiger partial charge is 0.758 e. The van der Waals surface area contributed by atoms with Crippen LogP contribution in [0.15, 0.2) is 30.5 Å². The lowest BCUT2D eigenvalue weighted by Crippen LogP contribution is -2.04. The van der Waals surface area contributed by atoms with E-state index in [4.69, 9.17) is 0 Å². The number of aromatic amines is 1. The van der Waals surface area contributed by atoms with Crippen molar-refractivity contribution in [2.45, 2.75) is 0 Å². The van der Waals surface area contributed by atoms with Gasteiger partial charge in [-0.25, -0.2) is 0 Å². The first kappa shape index (κ1) is 7.18. The number of nitrogens with zero attached hydrogens (tertiary/aromatic N) is 1. The van der Waals surface area contributed by atoms with E-state index in [-0.39, 0.29) is 0 Å². The quantitative estimate of drug-likeness (QED) is 0.651. The van der Waals surface area contributed by atoms with E-state index in [2.05, 4.69) is 4.98 Å². The molecule has 0 aliphatic heterocycles. The van der Waals surface area contributed by atoms with Crippen LogP contribution in [0.3, 0.4) is 0 Å². The molecular weight excluding hydrogens is 152 g/mol. The molecule has 3 heteroatoms. The van der Waals surface area contributed by atoms with Gasteiger partial charge in [-0.3, -0.25) is 0 Å². The number of rotatable bonds is 1. The number of nitrogens with one attached hydrogen (secondary N) is 1. The molecule has 1 aromatic heterocycles. The van der Waals surface area contributed by atoms with E-state index < -0.39 is 0 Å². The molecule has 1 N–H and O–H groups in total. The van der Waals surface area contributed by atoms with Gasteiger partial charge in [0.25, 0.3) is 0 Å². The van der Waals surface area contributed by atoms with Gasteiger partial charge >= 0.3 is 0 Å². The van der Waals surface area contributed by atoms with Gasteiger partial charge in [-0.2, -0.15) is 0 Å². The Morgan fingerprint density at radius 3 is 2.92 bits per heavy atom. The molecule has 0 bridgehead atoms. The summed E-state index contributed by atoms with van der Waals surface area (Å²) in [5, 5.41) is 12.9. The van der Waals surface area contributed by atoms with Crippen molar-refractivity contribution in [3.8, 4) is 0 Å². The van der Waals surface area contributed by atoms with Gasteiger partial charge in [0.15, 0.2) is 0 Å². The van der Waals surface area contributed by atoms with Crippen LogP contribution in [-0.4, -0.2) is 12.0 Å². The van der Waals surface area contributed by atoms with Gasteiger partial charge < -0.3 is 15.3 Å². The summed E-state index contributed by atoms with van der Waals surface area (Å²) in [6.45, 7) is 0. The van der Waals surface area contributed by atoms with Crippen molar-refractivity contribution in [1.82, 2.24) is 4.98 Å². The van der Waals surface area contributed by atoms with Gasteiger partial charge in [-0.1, -0.05) is 6.07 Å². The number of anilines is 1. The Bertz CT molecular complexity index is 392. The van der Waals surface area contributed by atoms with Crippen LogP contribution < -0.4 is 5.06 Å². The Balaban J connectivity index is 2.60.